The predicted molar refractivity (Wildman–Crippen MR) is 201 cm³/mol. The molecule has 3 aliphatic rings. The maximum Gasteiger partial charge on any atom is 0.342 e. The van der Waals surface area contributed by atoms with Crippen LogP contribution in [0.3, 0.4) is 0 Å². The summed E-state index contributed by atoms with van der Waals surface area (Å²) >= 11 is 1.05. The van der Waals surface area contributed by atoms with Crippen molar-refractivity contribution in [3.8, 4) is 0 Å². The van der Waals surface area contributed by atoms with Crippen LogP contribution in [-0.2, 0) is 34.4 Å². The number of likely N-dealkylation sites (tertiary alicyclic amines) is 1. The van der Waals surface area contributed by atoms with Gasteiger partial charge >= 0.3 is 6.03 Å². The highest BCUT2D eigenvalue weighted by Crippen LogP contribution is 2.65. The van der Waals surface area contributed by atoms with E-state index in [1.807, 2.05) is 13.8 Å². The number of likely N-dealkylation sites (N-methyl/N-ethyl adjacent to an activating group) is 1. The van der Waals surface area contributed by atoms with Crippen LogP contribution in [-0.4, -0.2) is 104 Å². The average Bonchev–Trinajstić information content (AvgIpc) is 3.70. The number of sulfonamides is 2. The van der Waals surface area contributed by atoms with Crippen LogP contribution >= 0.6 is 11.3 Å². The van der Waals surface area contributed by atoms with Gasteiger partial charge in [-0.15, -0.1) is 11.3 Å². The number of hydrogen-bond acceptors (Lipinski definition) is 10. The van der Waals surface area contributed by atoms with Crippen LogP contribution < -0.4 is 15.4 Å². The summed E-state index contributed by atoms with van der Waals surface area (Å²) in [6, 6.07) is 6.17. The van der Waals surface area contributed by atoms with E-state index in [0.717, 1.165) is 15.6 Å². The number of piperidine rings is 1. The Kier molecular flexibility index (Phi) is 10.9. The zero-order valence-corrected chi connectivity index (χ0v) is 34.6. The number of hydroxylamine groups is 2. The zero-order valence-electron chi connectivity index (χ0n) is 32.1. The molecule has 5 rings (SSSR count). The molecule has 2 heterocycles. The lowest BCUT2D eigenvalue weighted by Crippen LogP contribution is -2.63. The second-order valence-corrected chi connectivity index (χ2v) is 22.3. The van der Waals surface area contributed by atoms with Gasteiger partial charge in [0.05, 0.1) is 10.9 Å². The first-order valence-corrected chi connectivity index (χ1v) is 21.6. The van der Waals surface area contributed by atoms with Crippen molar-refractivity contribution in [3.05, 3.63) is 47.8 Å². The Balaban J connectivity index is 1.34. The number of fused-ring (bicyclic) bond motifs is 1. The van der Waals surface area contributed by atoms with Crippen molar-refractivity contribution in [2.45, 2.75) is 101 Å². The van der Waals surface area contributed by atoms with Gasteiger partial charge < -0.3 is 15.5 Å². The third-order valence-electron chi connectivity index (χ3n) is 11.1. The summed E-state index contributed by atoms with van der Waals surface area (Å²) in [5.74, 6) is -2.34. The smallest absolute Gasteiger partial charge is 0.340 e. The molecule has 15 nitrogen and oxygen atoms in total. The first-order valence-electron chi connectivity index (χ1n) is 17.8. The molecule has 298 valence electrons. The van der Waals surface area contributed by atoms with Crippen LogP contribution in [0.2, 0.25) is 0 Å². The molecular formula is C36H52N6O9S3. The maximum atomic E-state index is 14.5. The first kappa shape index (κ1) is 41.6. The van der Waals surface area contributed by atoms with Crippen molar-refractivity contribution in [3.63, 3.8) is 0 Å². The summed E-state index contributed by atoms with van der Waals surface area (Å²) in [5.41, 5.74) is -3.50. The summed E-state index contributed by atoms with van der Waals surface area (Å²) < 4.78 is 55.5. The van der Waals surface area contributed by atoms with Crippen molar-refractivity contribution in [2.24, 2.45) is 28.1 Å². The molecule has 54 heavy (non-hydrogen) atoms. The molecule has 2 aromatic rings. The lowest BCUT2D eigenvalue weighted by molar-refractivity contribution is -0.145. The molecule has 5 atom stereocenters. The minimum absolute atomic E-state index is 0.0450. The van der Waals surface area contributed by atoms with E-state index in [4.69, 9.17) is 0 Å². The molecule has 1 saturated heterocycles. The van der Waals surface area contributed by atoms with Gasteiger partial charge in [0.25, 0.3) is 26.0 Å². The van der Waals surface area contributed by atoms with E-state index in [9.17, 15) is 41.2 Å². The van der Waals surface area contributed by atoms with Crippen LogP contribution in [0.5, 0.6) is 0 Å². The number of nitrogens with zero attached hydrogens (tertiary/aromatic N) is 3. The quantitative estimate of drug-likeness (QED) is 0.184. The van der Waals surface area contributed by atoms with E-state index in [2.05, 4.69) is 15.4 Å². The van der Waals surface area contributed by atoms with E-state index >= 15 is 0 Å². The number of rotatable bonds is 12. The molecule has 3 fully saturated rings. The molecule has 5 unspecified atom stereocenters. The summed E-state index contributed by atoms with van der Waals surface area (Å²) in [4.78, 5) is 57.1. The lowest BCUT2D eigenvalue weighted by atomic mass is 9.85. The first-order chi connectivity index (χ1) is 24.8. The van der Waals surface area contributed by atoms with Gasteiger partial charge in [-0.1, -0.05) is 79.7 Å². The van der Waals surface area contributed by atoms with E-state index in [-0.39, 0.29) is 52.3 Å². The molecule has 2 saturated carbocycles. The monoisotopic (exact) mass is 808 g/mol. The van der Waals surface area contributed by atoms with Gasteiger partial charge in [0, 0.05) is 20.1 Å². The minimum Gasteiger partial charge on any atom is -0.340 e. The summed E-state index contributed by atoms with van der Waals surface area (Å²) in [6.45, 7) is 14.4. The average molecular weight is 809 g/mol. The van der Waals surface area contributed by atoms with Crippen LogP contribution in [0.4, 0.5) is 4.79 Å². The highest BCUT2D eigenvalue weighted by Gasteiger charge is 2.70. The largest absolute Gasteiger partial charge is 0.342 e. The zero-order chi connectivity index (χ0) is 40.4. The molecule has 4 N–H and O–H groups in total. The number of amides is 5. The number of carbonyl (C=O) groups excluding carboxylic acids is 4. The van der Waals surface area contributed by atoms with E-state index < -0.39 is 78.3 Å². The van der Waals surface area contributed by atoms with Gasteiger partial charge in [-0.2, -0.15) is 4.31 Å². The molecule has 0 spiro atoms. The van der Waals surface area contributed by atoms with Crippen LogP contribution in [0.25, 0.3) is 0 Å². The standard InChI is InChI=1S/C36H52N6O9S3/c1-33(2,3)24(21-40(9)54(50,51)25-16-13-19-52-25)42(47)32(46)37-28(34(4,5)6)30(44)41-20-23-26(35(23,7)8)27(41)29(43)38-36(17-18-36)31(45)39-53(48,49)22-14-11-10-12-15-22/h10-16,19,23-24,26-28,47H,17-18,20-21H2,1-9H3,(H,37,46)(H,38,43)(H,39,45). The minimum atomic E-state index is -4.20. The van der Waals surface area contributed by atoms with E-state index in [1.54, 1.807) is 59.1 Å². The highest BCUT2D eigenvalue weighted by atomic mass is 32.2. The highest BCUT2D eigenvalue weighted by molar-refractivity contribution is 7.91. The number of benzene rings is 1. The van der Waals surface area contributed by atoms with E-state index in [0.29, 0.717) is 5.06 Å². The van der Waals surface area contributed by atoms with E-state index in [1.165, 1.54) is 42.3 Å². The Bertz CT molecular complexity index is 1990. The summed E-state index contributed by atoms with van der Waals surface area (Å²) in [7, 11) is -6.75. The van der Waals surface area contributed by atoms with Gasteiger partial charge in [0.1, 0.15) is 21.8 Å². The third-order valence-corrected chi connectivity index (χ3v) is 15.6. The molecule has 1 aromatic heterocycles. The third kappa shape index (κ3) is 8.03. The summed E-state index contributed by atoms with van der Waals surface area (Å²) in [6.07, 6.45) is 0.414. The molecule has 1 aliphatic heterocycles. The number of hydrogen-bond donors (Lipinski definition) is 4. The molecule has 1 aromatic carbocycles. The van der Waals surface area contributed by atoms with Crippen molar-refractivity contribution >= 4 is 55.1 Å². The van der Waals surface area contributed by atoms with Crippen molar-refractivity contribution < 1.29 is 41.2 Å². The Labute approximate surface area is 321 Å². The van der Waals surface area contributed by atoms with Crippen molar-refractivity contribution in [1.29, 1.82) is 0 Å². The molecule has 18 heteroatoms. The fourth-order valence-corrected chi connectivity index (χ4v) is 10.8. The lowest BCUT2D eigenvalue weighted by Gasteiger charge is -2.41. The normalized spacial score (nSPS) is 22.8. The number of thiophene rings is 1. The maximum absolute atomic E-state index is 14.5. The van der Waals surface area contributed by atoms with Gasteiger partial charge in [0.2, 0.25) is 11.8 Å². The fraction of sp³-hybridized carbons (Fsp3) is 0.611. The Morgan fingerprint density at radius 1 is 0.963 bits per heavy atom. The van der Waals surface area contributed by atoms with Crippen molar-refractivity contribution in [1.82, 2.24) is 29.6 Å². The number of carbonyl (C=O) groups is 4. The van der Waals surface area contributed by atoms with Gasteiger partial charge in [-0.25, -0.2) is 31.4 Å². The Morgan fingerprint density at radius 2 is 1.57 bits per heavy atom. The molecule has 5 amide bonds. The number of nitrogens with one attached hydrogen (secondary N) is 3. The molecular weight excluding hydrogens is 757 g/mol. The Morgan fingerprint density at radius 3 is 2.09 bits per heavy atom. The topological polar surface area (TPSA) is 203 Å². The molecule has 0 radical (unpaired) electrons. The van der Waals surface area contributed by atoms with Gasteiger partial charge in [-0.3, -0.25) is 19.6 Å². The molecule has 0 bridgehead atoms. The number of urea groups is 1. The fourth-order valence-electron chi connectivity index (χ4n) is 7.30. The predicted octanol–water partition coefficient (Wildman–Crippen LogP) is 3.24. The van der Waals surface area contributed by atoms with Gasteiger partial charge in [-0.05, 0) is 64.5 Å². The SMILES string of the molecule is CN(CC(N(O)C(=O)NC(C(=O)N1CC2C(C1C(=O)NC1(C(=O)NS(=O)(=O)c3ccccc3)CC1)C2(C)C)C(C)(C)C)C(C)(C)C)S(=O)(=O)c1cccs1. The van der Waals surface area contributed by atoms with Crippen LogP contribution in [0.15, 0.2) is 56.9 Å². The second kappa shape index (κ2) is 14.2. The van der Waals surface area contributed by atoms with Gasteiger partial charge in [0.15, 0.2) is 0 Å². The second-order valence-electron chi connectivity index (χ2n) is 17.4. The Hall–Kier alpha value is -3.58. The van der Waals surface area contributed by atoms with Crippen LogP contribution in [0.1, 0.15) is 68.2 Å². The van der Waals surface area contributed by atoms with Crippen LogP contribution in [0, 0.1) is 28.1 Å². The molecule has 2 aliphatic carbocycles. The van der Waals surface area contributed by atoms with Crippen molar-refractivity contribution in [2.75, 3.05) is 20.1 Å². The summed E-state index contributed by atoms with van der Waals surface area (Å²) in [5, 5.41) is 18.9.